The Kier molecular flexibility index (Phi) is 5.39. The Morgan fingerprint density at radius 2 is 2.00 bits per heavy atom. The number of nitrogens with one attached hydrogen (secondary N) is 2. The Morgan fingerprint density at radius 1 is 1.19 bits per heavy atom. The monoisotopic (exact) mass is 389 g/mol. The van der Waals surface area contributed by atoms with Crippen LogP contribution >= 0.6 is 22.9 Å². The largest absolute Gasteiger partial charge is 0.481 e. The third-order valence-corrected chi connectivity index (χ3v) is 4.59. The molecule has 8 heteroatoms. The van der Waals surface area contributed by atoms with E-state index in [0.29, 0.717) is 21.6 Å². The predicted octanol–water partition coefficient (Wildman–Crippen LogP) is 4.31. The van der Waals surface area contributed by atoms with E-state index < -0.39 is 6.10 Å². The van der Waals surface area contributed by atoms with E-state index in [1.54, 1.807) is 43.3 Å². The van der Waals surface area contributed by atoms with Gasteiger partial charge < -0.3 is 15.4 Å². The molecule has 0 fully saturated rings. The van der Waals surface area contributed by atoms with E-state index in [4.69, 9.17) is 16.3 Å². The minimum Gasteiger partial charge on any atom is -0.481 e. The molecule has 3 rings (SSSR count). The summed E-state index contributed by atoms with van der Waals surface area (Å²) in [5, 5.41) is 6.53. The molecule has 3 aromatic rings. The van der Waals surface area contributed by atoms with Gasteiger partial charge in [0.25, 0.3) is 5.91 Å². The molecule has 0 aliphatic heterocycles. The molecular formula is C18H16ClN3O3S. The number of hydrogen-bond acceptors (Lipinski definition) is 5. The number of ether oxygens (including phenoxy) is 1. The molecule has 6 nitrogen and oxygen atoms in total. The molecule has 0 spiro atoms. The van der Waals surface area contributed by atoms with Crippen molar-refractivity contribution in [2.24, 2.45) is 0 Å². The lowest BCUT2D eigenvalue weighted by Gasteiger charge is -2.15. The SMILES string of the molecule is CC(=O)Nc1nc2ccc(NC(=O)C(C)Oc3cccc(Cl)c3)cc2s1. The first-order valence-corrected chi connectivity index (χ1v) is 9.01. The summed E-state index contributed by atoms with van der Waals surface area (Å²) in [6, 6.07) is 12.2. The van der Waals surface area contributed by atoms with Crippen molar-refractivity contribution in [1.82, 2.24) is 4.98 Å². The third-order valence-electron chi connectivity index (χ3n) is 3.42. The van der Waals surface area contributed by atoms with Crippen LogP contribution in [0.2, 0.25) is 5.02 Å². The van der Waals surface area contributed by atoms with Gasteiger partial charge in [-0.3, -0.25) is 9.59 Å². The normalized spacial score (nSPS) is 11.8. The zero-order valence-corrected chi connectivity index (χ0v) is 15.6. The van der Waals surface area contributed by atoms with Gasteiger partial charge >= 0.3 is 0 Å². The van der Waals surface area contributed by atoms with E-state index in [2.05, 4.69) is 15.6 Å². The first kappa shape index (κ1) is 18.2. The smallest absolute Gasteiger partial charge is 0.265 e. The molecule has 2 amide bonds. The van der Waals surface area contributed by atoms with Crippen molar-refractivity contribution in [1.29, 1.82) is 0 Å². The van der Waals surface area contributed by atoms with Crippen molar-refractivity contribution in [2.75, 3.05) is 10.6 Å². The molecule has 1 atom stereocenters. The predicted molar refractivity (Wildman–Crippen MR) is 104 cm³/mol. The molecule has 0 saturated heterocycles. The average Bonchev–Trinajstić information content (AvgIpc) is 2.95. The van der Waals surface area contributed by atoms with Crippen molar-refractivity contribution >= 4 is 55.8 Å². The second kappa shape index (κ2) is 7.72. The molecule has 1 heterocycles. The van der Waals surface area contributed by atoms with Crippen LogP contribution in [0, 0.1) is 0 Å². The lowest BCUT2D eigenvalue weighted by atomic mass is 10.2. The van der Waals surface area contributed by atoms with Crippen LogP contribution < -0.4 is 15.4 Å². The van der Waals surface area contributed by atoms with Crippen LogP contribution in [-0.4, -0.2) is 22.9 Å². The summed E-state index contributed by atoms with van der Waals surface area (Å²) < 4.78 is 6.47. The van der Waals surface area contributed by atoms with Gasteiger partial charge in [0.2, 0.25) is 5.91 Å². The quantitative estimate of drug-likeness (QED) is 0.681. The number of thiazole rings is 1. The molecular weight excluding hydrogens is 374 g/mol. The average molecular weight is 390 g/mol. The molecule has 0 bridgehead atoms. The van der Waals surface area contributed by atoms with E-state index in [1.165, 1.54) is 18.3 Å². The molecule has 26 heavy (non-hydrogen) atoms. The van der Waals surface area contributed by atoms with Gasteiger partial charge in [-0.05, 0) is 43.3 Å². The number of amides is 2. The number of aromatic nitrogens is 1. The molecule has 0 saturated carbocycles. The van der Waals surface area contributed by atoms with Crippen LogP contribution in [0.15, 0.2) is 42.5 Å². The van der Waals surface area contributed by atoms with Gasteiger partial charge in [0.1, 0.15) is 5.75 Å². The second-order valence-corrected chi connectivity index (χ2v) is 7.06. The number of benzene rings is 2. The zero-order chi connectivity index (χ0) is 18.7. The van der Waals surface area contributed by atoms with Crippen LogP contribution in [-0.2, 0) is 9.59 Å². The summed E-state index contributed by atoms with van der Waals surface area (Å²) in [6.45, 7) is 3.09. The number of anilines is 2. The van der Waals surface area contributed by atoms with Gasteiger partial charge in [-0.15, -0.1) is 0 Å². The van der Waals surface area contributed by atoms with Gasteiger partial charge in [-0.2, -0.15) is 0 Å². The first-order chi connectivity index (χ1) is 12.4. The number of carbonyl (C=O) groups excluding carboxylic acids is 2. The summed E-state index contributed by atoms with van der Waals surface area (Å²) in [6.07, 6.45) is -0.694. The van der Waals surface area contributed by atoms with Gasteiger partial charge in [0.05, 0.1) is 10.2 Å². The summed E-state index contributed by atoms with van der Waals surface area (Å²) in [4.78, 5) is 27.8. The molecule has 1 unspecified atom stereocenters. The first-order valence-electron chi connectivity index (χ1n) is 7.82. The van der Waals surface area contributed by atoms with Gasteiger partial charge in [0.15, 0.2) is 11.2 Å². The van der Waals surface area contributed by atoms with Crippen molar-refractivity contribution in [2.45, 2.75) is 20.0 Å². The van der Waals surface area contributed by atoms with E-state index in [1.807, 2.05) is 6.07 Å². The summed E-state index contributed by atoms with van der Waals surface area (Å²) in [5.74, 6) is 0.0681. The van der Waals surface area contributed by atoms with Gasteiger partial charge in [-0.1, -0.05) is 29.0 Å². The number of nitrogens with zero attached hydrogens (tertiary/aromatic N) is 1. The van der Waals surface area contributed by atoms with Gasteiger partial charge in [-0.25, -0.2) is 4.98 Å². The molecule has 2 aromatic carbocycles. The summed E-state index contributed by atoms with van der Waals surface area (Å²) in [7, 11) is 0. The Bertz CT molecular complexity index is 973. The molecule has 134 valence electrons. The van der Waals surface area contributed by atoms with Crippen molar-refractivity contribution in [3.8, 4) is 5.75 Å². The highest BCUT2D eigenvalue weighted by Crippen LogP contribution is 2.28. The fourth-order valence-corrected chi connectivity index (χ4v) is 3.38. The fraction of sp³-hybridized carbons (Fsp3) is 0.167. The second-order valence-electron chi connectivity index (χ2n) is 5.59. The molecule has 0 aliphatic carbocycles. The molecule has 0 aliphatic rings. The van der Waals surface area contributed by atoms with Crippen molar-refractivity contribution < 1.29 is 14.3 Å². The van der Waals surface area contributed by atoms with E-state index in [0.717, 1.165) is 10.2 Å². The highest BCUT2D eigenvalue weighted by Gasteiger charge is 2.16. The summed E-state index contributed by atoms with van der Waals surface area (Å²) >= 11 is 7.25. The maximum absolute atomic E-state index is 12.4. The minimum absolute atomic E-state index is 0.176. The molecule has 2 N–H and O–H groups in total. The van der Waals surface area contributed by atoms with Gasteiger partial charge in [0, 0.05) is 17.6 Å². The Morgan fingerprint density at radius 3 is 2.73 bits per heavy atom. The number of fused-ring (bicyclic) bond motifs is 1. The Labute approximate surface area is 159 Å². The number of hydrogen-bond donors (Lipinski definition) is 2. The summed E-state index contributed by atoms with van der Waals surface area (Å²) in [5.41, 5.74) is 1.38. The lowest BCUT2D eigenvalue weighted by molar-refractivity contribution is -0.122. The van der Waals surface area contributed by atoms with E-state index in [-0.39, 0.29) is 11.8 Å². The van der Waals surface area contributed by atoms with Crippen LogP contribution in [0.4, 0.5) is 10.8 Å². The third kappa shape index (κ3) is 4.50. The number of carbonyl (C=O) groups is 2. The fourth-order valence-electron chi connectivity index (χ4n) is 2.25. The van der Waals surface area contributed by atoms with E-state index in [9.17, 15) is 9.59 Å². The maximum atomic E-state index is 12.4. The van der Waals surface area contributed by atoms with E-state index >= 15 is 0 Å². The van der Waals surface area contributed by atoms with Crippen LogP contribution in [0.25, 0.3) is 10.2 Å². The maximum Gasteiger partial charge on any atom is 0.265 e. The molecule has 0 radical (unpaired) electrons. The number of halogens is 1. The van der Waals surface area contributed by atoms with Crippen LogP contribution in [0.1, 0.15) is 13.8 Å². The minimum atomic E-state index is -0.694. The molecule has 1 aromatic heterocycles. The van der Waals surface area contributed by atoms with Crippen molar-refractivity contribution in [3.05, 3.63) is 47.5 Å². The lowest BCUT2D eigenvalue weighted by Crippen LogP contribution is -2.30. The van der Waals surface area contributed by atoms with Crippen LogP contribution in [0.5, 0.6) is 5.75 Å². The Balaban J connectivity index is 1.69. The zero-order valence-electron chi connectivity index (χ0n) is 14.1. The standard InChI is InChI=1S/C18H16ClN3O3S/c1-10(25-14-5-3-4-12(19)8-14)17(24)21-13-6-7-15-16(9-13)26-18(22-15)20-11(2)23/h3-10H,1-2H3,(H,21,24)(H,20,22,23). The van der Waals surface area contributed by atoms with Crippen molar-refractivity contribution in [3.63, 3.8) is 0 Å². The van der Waals surface area contributed by atoms with Crippen LogP contribution in [0.3, 0.4) is 0 Å². The highest BCUT2D eigenvalue weighted by atomic mass is 35.5. The number of rotatable bonds is 5. The highest BCUT2D eigenvalue weighted by molar-refractivity contribution is 7.22. The topological polar surface area (TPSA) is 80.3 Å². The Hall–Kier alpha value is -2.64.